The van der Waals surface area contributed by atoms with Crippen molar-refractivity contribution in [2.75, 3.05) is 10.6 Å². The number of nitrogens with one attached hydrogen (secondary N) is 3. The third kappa shape index (κ3) is 4.52. The summed E-state index contributed by atoms with van der Waals surface area (Å²) in [6, 6.07) is 12.8. The molecule has 1 unspecified atom stereocenters. The molecule has 0 saturated carbocycles. The van der Waals surface area contributed by atoms with E-state index in [1.807, 2.05) is 0 Å². The van der Waals surface area contributed by atoms with Gasteiger partial charge in [-0.15, -0.1) is 0 Å². The third-order valence-corrected chi connectivity index (χ3v) is 5.86. The van der Waals surface area contributed by atoms with Crippen LogP contribution < -0.4 is 10.6 Å². The van der Waals surface area contributed by atoms with Crippen LogP contribution in [0.4, 0.5) is 25.8 Å². The van der Waals surface area contributed by atoms with Crippen LogP contribution in [0.15, 0.2) is 61.1 Å². The van der Waals surface area contributed by atoms with Gasteiger partial charge in [-0.2, -0.15) is 25.1 Å². The van der Waals surface area contributed by atoms with Crippen LogP contribution in [-0.2, 0) is 0 Å². The summed E-state index contributed by atoms with van der Waals surface area (Å²) >= 11 is 6.59. The molecule has 0 bridgehead atoms. The fraction of sp³-hybridized carbons (Fsp3) is 0.0800. The zero-order valence-electron chi connectivity index (χ0n) is 18.7. The first-order chi connectivity index (χ1) is 17.4. The molecule has 1 atom stereocenters. The largest absolute Gasteiger partial charge is 0.373 e. The van der Waals surface area contributed by atoms with E-state index < -0.39 is 12.0 Å². The van der Waals surface area contributed by atoms with Crippen molar-refractivity contribution in [1.29, 1.82) is 5.26 Å². The highest BCUT2D eigenvalue weighted by Gasteiger charge is 2.19. The molecule has 36 heavy (non-hydrogen) atoms. The number of hydrogen-bond donors (Lipinski definition) is 3. The standard InChI is InChI=1S/C25H17ClF2N8/c1-13-6-18(11-31-25(13)28)34-22-15(9-29)10-30-24-19(22)7-17(8-20(24)26)33-23(21-12-32-36-35-21)14-2-4-16(27)5-3-14/h2-8,10-12,23,33H,1H3,(H,30,34)(H,32,35,36). The monoisotopic (exact) mass is 502 g/mol. The summed E-state index contributed by atoms with van der Waals surface area (Å²) in [6.07, 6.45) is 4.33. The summed E-state index contributed by atoms with van der Waals surface area (Å²) in [6.45, 7) is 1.60. The van der Waals surface area contributed by atoms with Gasteiger partial charge in [-0.25, -0.2) is 9.37 Å². The molecule has 0 aliphatic rings. The van der Waals surface area contributed by atoms with Gasteiger partial charge in [0.1, 0.15) is 17.6 Å². The van der Waals surface area contributed by atoms with Crippen molar-refractivity contribution >= 4 is 39.6 Å². The highest BCUT2D eigenvalue weighted by molar-refractivity contribution is 6.36. The Morgan fingerprint density at radius 1 is 1.03 bits per heavy atom. The number of aromatic amines is 1. The van der Waals surface area contributed by atoms with Gasteiger partial charge in [0.05, 0.1) is 45.9 Å². The van der Waals surface area contributed by atoms with Crippen LogP contribution >= 0.6 is 11.6 Å². The van der Waals surface area contributed by atoms with Gasteiger partial charge >= 0.3 is 0 Å². The Morgan fingerprint density at radius 2 is 1.83 bits per heavy atom. The normalized spacial score (nSPS) is 11.8. The van der Waals surface area contributed by atoms with Gasteiger partial charge in [-0.05, 0) is 42.8 Å². The number of H-pyrrole nitrogens is 1. The second-order valence-corrected chi connectivity index (χ2v) is 8.40. The number of nitriles is 1. The van der Waals surface area contributed by atoms with E-state index in [1.54, 1.807) is 43.5 Å². The molecule has 5 rings (SSSR count). The number of hydrogen-bond acceptors (Lipinski definition) is 7. The molecule has 178 valence electrons. The lowest BCUT2D eigenvalue weighted by Crippen LogP contribution is -2.13. The fourth-order valence-electron chi connectivity index (χ4n) is 3.83. The molecule has 11 heteroatoms. The van der Waals surface area contributed by atoms with Crippen LogP contribution in [0.1, 0.15) is 28.4 Å². The van der Waals surface area contributed by atoms with Crippen LogP contribution in [0.5, 0.6) is 0 Å². The lowest BCUT2D eigenvalue weighted by Gasteiger charge is -2.20. The molecule has 5 aromatic rings. The Balaban J connectivity index is 1.61. The average Bonchev–Trinajstić information content (AvgIpc) is 3.40. The molecular formula is C25H17ClF2N8. The molecule has 2 aromatic carbocycles. The second kappa shape index (κ2) is 9.56. The summed E-state index contributed by atoms with van der Waals surface area (Å²) in [5.74, 6) is -0.933. The van der Waals surface area contributed by atoms with Crippen molar-refractivity contribution in [2.24, 2.45) is 0 Å². The number of aryl methyl sites for hydroxylation is 1. The summed E-state index contributed by atoms with van der Waals surface area (Å²) in [5, 5.41) is 27.8. The topological polar surface area (TPSA) is 115 Å². The average molecular weight is 503 g/mol. The summed E-state index contributed by atoms with van der Waals surface area (Å²) < 4.78 is 27.2. The Labute approximate surface area is 209 Å². The van der Waals surface area contributed by atoms with Crippen LogP contribution in [0.3, 0.4) is 0 Å². The molecule has 0 spiro atoms. The molecular weight excluding hydrogens is 486 g/mol. The molecule has 0 amide bonds. The predicted molar refractivity (Wildman–Crippen MR) is 132 cm³/mol. The Kier molecular flexibility index (Phi) is 6.14. The van der Waals surface area contributed by atoms with Crippen LogP contribution in [-0.4, -0.2) is 25.4 Å². The summed E-state index contributed by atoms with van der Waals surface area (Å²) in [4.78, 5) is 8.10. The zero-order chi connectivity index (χ0) is 25.2. The minimum atomic E-state index is -0.574. The van der Waals surface area contributed by atoms with E-state index in [2.05, 4.69) is 42.1 Å². The highest BCUT2D eigenvalue weighted by atomic mass is 35.5. The van der Waals surface area contributed by atoms with E-state index in [0.29, 0.717) is 44.2 Å². The number of nitrogens with zero attached hydrogens (tertiary/aromatic N) is 5. The lowest BCUT2D eigenvalue weighted by molar-refractivity contribution is 0.575. The Hall–Kier alpha value is -4.62. The number of rotatable bonds is 6. The van der Waals surface area contributed by atoms with Crippen molar-refractivity contribution in [1.82, 2.24) is 25.4 Å². The first kappa shape index (κ1) is 23.1. The molecule has 0 aliphatic heterocycles. The third-order valence-electron chi connectivity index (χ3n) is 5.57. The van der Waals surface area contributed by atoms with Gasteiger partial charge in [0.2, 0.25) is 5.95 Å². The van der Waals surface area contributed by atoms with Crippen LogP contribution in [0.25, 0.3) is 10.9 Å². The fourth-order valence-corrected chi connectivity index (χ4v) is 4.10. The molecule has 3 heterocycles. The smallest absolute Gasteiger partial charge is 0.215 e. The first-order valence-electron chi connectivity index (χ1n) is 10.7. The maximum absolute atomic E-state index is 13.7. The van der Waals surface area contributed by atoms with Crippen LogP contribution in [0.2, 0.25) is 5.02 Å². The number of fused-ring (bicyclic) bond motifs is 1. The van der Waals surface area contributed by atoms with Gasteiger partial charge in [0.15, 0.2) is 0 Å². The van der Waals surface area contributed by atoms with E-state index in [1.165, 1.54) is 24.5 Å². The number of halogens is 3. The molecule has 0 fully saturated rings. The maximum Gasteiger partial charge on any atom is 0.215 e. The van der Waals surface area contributed by atoms with Crippen molar-refractivity contribution in [3.63, 3.8) is 0 Å². The highest BCUT2D eigenvalue weighted by Crippen LogP contribution is 2.36. The molecule has 8 nitrogen and oxygen atoms in total. The minimum absolute atomic E-state index is 0.268. The Bertz CT molecular complexity index is 1600. The number of aromatic nitrogens is 5. The van der Waals surface area contributed by atoms with E-state index in [0.717, 1.165) is 5.56 Å². The van der Waals surface area contributed by atoms with Gasteiger partial charge in [-0.1, -0.05) is 23.7 Å². The van der Waals surface area contributed by atoms with Gasteiger partial charge in [-0.3, -0.25) is 4.98 Å². The van der Waals surface area contributed by atoms with E-state index in [-0.39, 0.29) is 11.4 Å². The van der Waals surface area contributed by atoms with Crippen molar-refractivity contribution in [3.8, 4) is 6.07 Å². The van der Waals surface area contributed by atoms with Crippen molar-refractivity contribution in [2.45, 2.75) is 13.0 Å². The lowest BCUT2D eigenvalue weighted by atomic mass is 10.0. The van der Waals surface area contributed by atoms with Crippen molar-refractivity contribution in [3.05, 3.63) is 100 Å². The maximum atomic E-state index is 13.7. The summed E-state index contributed by atoms with van der Waals surface area (Å²) in [7, 11) is 0. The van der Waals surface area contributed by atoms with E-state index in [4.69, 9.17) is 11.6 Å². The first-order valence-corrected chi connectivity index (χ1v) is 11.1. The van der Waals surface area contributed by atoms with E-state index >= 15 is 0 Å². The van der Waals surface area contributed by atoms with Gasteiger partial charge in [0, 0.05) is 22.8 Å². The molecule has 3 N–H and O–H groups in total. The van der Waals surface area contributed by atoms with E-state index in [9.17, 15) is 14.0 Å². The molecule has 0 aliphatic carbocycles. The SMILES string of the molecule is Cc1cc(Nc2c(C#N)cnc3c(Cl)cc(NC(c4ccc(F)cc4)c4cn[nH]n4)cc23)cnc1F. The Morgan fingerprint density at radius 3 is 2.53 bits per heavy atom. The summed E-state index contributed by atoms with van der Waals surface area (Å²) in [5.41, 5.74) is 3.95. The molecule has 0 saturated heterocycles. The van der Waals surface area contributed by atoms with Crippen molar-refractivity contribution < 1.29 is 8.78 Å². The number of benzene rings is 2. The second-order valence-electron chi connectivity index (χ2n) is 7.99. The quantitative estimate of drug-likeness (QED) is 0.251. The minimum Gasteiger partial charge on any atom is -0.373 e. The van der Waals surface area contributed by atoms with Gasteiger partial charge < -0.3 is 10.6 Å². The van der Waals surface area contributed by atoms with Gasteiger partial charge in [0.25, 0.3) is 0 Å². The zero-order valence-corrected chi connectivity index (χ0v) is 19.5. The number of anilines is 3. The molecule has 3 aromatic heterocycles. The molecule has 0 radical (unpaired) electrons. The predicted octanol–water partition coefficient (Wildman–Crippen LogP) is 5.80. The number of pyridine rings is 2. The van der Waals surface area contributed by atoms with Crippen LogP contribution in [0, 0.1) is 30.0 Å².